The number of allylic oxidation sites excluding steroid dienone is 4. The molecule has 4 heteroatoms. The Morgan fingerprint density at radius 2 is 1.24 bits per heavy atom. The third kappa shape index (κ3) is 5.40. The van der Waals surface area contributed by atoms with Gasteiger partial charge in [0.1, 0.15) is 5.58 Å². The Morgan fingerprint density at radius 3 is 2.00 bits per heavy atom. The first kappa shape index (κ1) is 33.2. The van der Waals surface area contributed by atoms with Crippen molar-refractivity contribution in [3.05, 3.63) is 206 Å². The van der Waals surface area contributed by atoms with E-state index in [0.717, 1.165) is 83.9 Å². The van der Waals surface area contributed by atoms with E-state index in [4.69, 9.17) is 14.4 Å². The number of hydrogen-bond donors (Lipinski definition) is 0. The monoisotopic (exact) mass is 751 g/mol. The van der Waals surface area contributed by atoms with Gasteiger partial charge in [-0.2, -0.15) is 0 Å². The Balaban J connectivity index is 1.07. The topological polar surface area (TPSA) is 43.9 Å². The fourth-order valence-corrected chi connectivity index (χ4v) is 8.88. The third-order valence-corrected chi connectivity index (χ3v) is 11.7. The summed E-state index contributed by atoms with van der Waals surface area (Å²) in [5.74, 6) is 0.630. The largest absolute Gasteiger partial charge is 0.454 e. The van der Waals surface area contributed by atoms with E-state index >= 15 is 0 Å². The second-order valence-electron chi connectivity index (χ2n) is 15.1. The summed E-state index contributed by atoms with van der Waals surface area (Å²) in [4.78, 5) is 10.5. The summed E-state index contributed by atoms with van der Waals surface area (Å²) in [5.41, 5.74) is 15.6. The Morgan fingerprint density at radius 1 is 0.559 bits per heavy atom. The SMILES string of the molecule is c1ccc2nc(-c3cccc4oc5c(-n6c7cc(C8=CC=CC8)ccc7c7ccc(-c8ccccc8)cc76)cccc5c34)nc(-c3ccc(-c4ccccc4)cc3)c2c#1. The average molecular weight is 752 g/mol. The molecule has 3 heterocycles. The highest BCUT2D eigenvalue weighted by atomic mass is 16.3. The van der Waals surface area contributed by atoms with Crippen LogP contribution in [0.2, 0.25) is 0 Å². The van der Waals surface area contributed by atoms with Gasteiger partial charge >= 0.3 is 0 Å². The smallest absolute Gasteiger partial charge is 0.161 e. The lowest BCUT2D eigenvalue weighted by Crippen LogP contribution is -1.96. The second-order valence-corrected chi connectivity index (χ2v) is 15.1. The van der Waals surface area contributed by atoms with E-state index in [-0.39, 0.29) is 0 Å². The molecular weight excluding hydrogens is 719 g/mol. The van der Waals surface area contributed by atoms with Crippen molar-refractivity contribution in [2.75, 3.05) is 0 Å². The van der Waals surface area contributed by atoms with E-state index in [1.807, 2.05) is 30.3 Å². The van der Waals surface area contributed by atoms with Gasteiger partial charge in [0.2, 0.25) is 0 Å². The molecular formula is C55H33N3O. The Kier molecular flexibility index (Phi) is 7.48. The van der Waals surface area contributed by atoms with Gasteiger partial charge in [-0.1, -0.05) is 164 Å². The van der Waals surface area contributed by atoms with Crippen LogP contribution in [0.15, 0.2) is 193 Å². The minimum absolute atomic E-state index is 0.630. The van der Waals surface area contributed by atoms with Crippen molar-refractivity contribution in [3.8, 4) is 50.6 Å². The molecule has 1 aliphatic carbocycles. The first-order chi connectivity index (χ1) is 29.2. The van der Waals surface area contributed by atoms with Gasteiger partial charge in [-0.25, -0.2) is 9.97 Å². The molecule has 8 aromatic carbocycles. The van der Waals surface area contributed by atoms with Crippen LogP contribution in [0.4, 0.5) is 0 Å². The zero-order valence-corrected chi connectivity index (χ0v) is 31.9. The Labute approximate surface area is 340 Å². The predicted molar refractivity (Wildman–Crippen MR) is 242 cm³/mol. The number of nitrogens with zero attached hydrogens (tertiary/aromatic N) is 3. The van der Waals surface area contributed by atoms with Crippen LogP contribution < -0.4 is 0 Å². The normalized spacial score (nSPS) is 12.6. The first-order valence-electron chi connectivity index (χ1n) is 20.0. The summed E-state index contributed by atoms with van der Waals surface area (Å²) in [6.45, 7) is 0. The van der Waals surface area contributed by atoms with Crippen molar-refractivity contribution in [1.82, 2.24) is 14.5 Å². The minimum atomic E-state index is 0.630. The van der Waals surface area contributed by atoms with E-state index in [1.165, 1.54) is 33.0 Å². The van der Waals surface area contributed by atoms with Gasteiger partial charge in [-0.15, -0.1) is 0 Å². The van der Waals surface area contributed by atoms with E-state index in [1.54, 1.807) is 0 Å². The standard InChI is InChI=1S/C55H33N3O/c1-3-13-35(14-4-1)38-25-27-39(28-26-38)53-44-19-9-10-22-47(44)56-55(57-53)46-21-12-24-51-52(46)45-20-11-23-48(54(45)59-51)58-49-33-40(36-15-5-2-6-16-36)29-31-42(49)43-32-30-41(34-50(43)58)37-17-7-8-18-37/h1-8,10-17,20-34H,18H2. The molecule has 12 rings (SSSR count). The quantitative estimate of drug-likeness (QED) is 0.170. The molecule has 0 amide bonds. The lowest BCUT2D eigenvalue weighted by atomic mass is 10.0. The fraction of sp³-hybridized carbons (Fsp3) is 0.0182. The number of para-hydroxylation sites is 1. The number of benzene rings is 7. The molecule has 0 aliphatic heterocycles. The molecule has 0 unspecified atom stereocenters. The summed E-state index contributed by atoms with van der Waals surface area (Å²) < 4.78 is 9.35. The second kappa shape index (κ2) is 13.3. The highest BCUT2D eigenvalue weighted by Gasteiger charge is 2.22. The van der Waals surface area contributed by atoms with Gasteiger partial charge in [-0.05, 0) is 76.2 Å². The molecule has 3 aromatic heterocycles. The molecule has 59 heavy (non-hydrogen) atoms. The maximum Gasteiger partial charge on any atom is 0.161 e. The summed E-state index contributed by atoms with van der Waals surface area (Å²) in [6, 6.07) is 66.3. The van der Waals surface area contributed by atoms with Crippen LogP contribution in [-0.2, 0) is 0 Å². The van der Waals surface area contributed by atoms with Crippen molar-refractivity contribution in [2.45, 2.75) is 6.42 Å². The summed E-state index contributed by atoms with van der Waals surface area (Å²) >= 11 is 0. The molecule has 0 N–H and O–H groups in total. The lowest BCUT2D eigenvalue weighted by Gasteiger charge is -2.11. The summed E-state index contributed by atoms with van der Waals surface area (Å²) in [7, 11) is 0. The average Bonchev–Trinajstić information content (AvgIpc) is 4.06. The van der Waals surface area contributed by atoms with Crippen molar-refractivity contribution >= 4 is 60.2 Å². The molecule has 0 radical (unpaired) electrons. The van der Waals surface area contributed by atoms with Crippen molar-refractivity contribution in [3.63, 3.8) is 0 Å². The molecule has 0 saturated heterocycles. The fourth-order valence-electron chi connectivity index (χ4n) is 8.88. The maximum atomic E-state index is 6.96. The molecule has 0 bridgehead atoms. The zero-order chi connectivity index (χ0) is 38.9. The van der Waals surface area contributed by atoms with Crippen LogP contribution in [0, 0.1) is 12.1 Å². The molecule has 0 fully saturated rings. The summed E-state index contributed by atoms with van der Waals surface area (Å²) in [5, 5.41) is 5.22. The van der Waals surface area contributed by atoms with Crippen LogP contribution in [-0.4, -0.2) is 14.5 Å². The van der Waals surface area contributed by atoms with Crippen LogP contribution in [0.1, 0.15) is 12.0 Å². The van der Waals surface area contributed by atoms with E-state index < -0.39 is 0 Å². The zero-order valence-electron chi connectivity index (χ0n) is 31.9. The molecule has 274 valence electrons. The summed E-state index contributed by atoms with van der Waals surface area (Å²) in [6.07, 6.45) is 7.52. The van der Waals surface area contributed by atoms with E-state index in [0.29, 0.717) is 5.82 Å². The van der Waals surface area contributed by atoms with Crippen molar-refractivity contribution < 1.29 is 4.42 Å². The van der Waals surface area contributed by atoms with Crippen molar-refractivity contribution in [2.24, 2.45) is 0 Å². The maximum absolute atomic E-state index is 6.96. The molecule has 0 atom stereocenters. The van der Waals surface area contributed by atoms with Gasteiger partial charge in [-0.3, -0.25) is 0 Å². The van der Waals surface area contributed by atoms with Crippen LogP contribution >= 0.6 is 0 Å². The van der Waals surface area contributed by atoms with Gasteiger partial charge in [0, 0.05) is 32.7 Å². The van der Waals surface area contributed by atoms with E-state index in [2.05, 4.69) is 174 Å². The van der Waals surface area contributed by atoms with Gasteiger partial charge in [0.25, 0.3) is 0 Å². The van der Waals surface area contributed by atoms with Gasteiger partial charge in [0.15, 0.2) is 11.4 Å². The van der Waals surface area contributed by atoms with Crippen LogP contribution in [0.5, 0.6) is 0 Å². The number of fused-ring (bicyclic) bond motifs is 7. The molecule has 0 spiro atoms. The molecule has 11 aromatic rings. The molecule has 1 aliphatic rings. The number of hydrogen-bond acceptors (Lipinski definition) is 3. The highest BCUT2D eigenvalue weighted by molar-refractivity contribution is 6.16. The van der Waals surface area contributed by atoms with Gasteiger partial charge in [0.05, 0.1) is 33.3 Å². The van der Waals surface area contributed by atoms with Crippen LogP contribution in [0.25, 0.3) is 111 Å². The van der Waals surface area contributed by atoms with E-state index in [9.17, 15) is 0 Å². The minimum Gasteiger partial charge on any atom is -0.454 e. The molecule has 0 saturated carbocycles. The Hall–Kier alpha value is -8.00. The number of rotatable bonds is 6. The van der Waals surface area contributed by atoms with Gasteiger partial charge < -0.3 is 8.98 Å². The van der Waals surface area contributed by atoms with Crippen molar-refractivity contribution in [1.29, 1.82) is 0 Å². The number of aromatic nitrogens is 3. The third-order valence-electron chi connectivity index (χ3n) is 11.7. The first-order valence-corrected chi connectivity index (χ1v) is 20.0. The van der Waals surface area contributed by atoms with Crippen LogP contribution in [0.3, 0.4) is 0 Å². The molecule has 4 nitrogen and oxygen atoms in total. The predicted octanol–water partition coefficient (Wildman–Crippen LogP) is 14.2. The highest BCUT2D eigenvalue weighted by Crippen LogP contribution is 2.43. The lowest BCUT2D eigenvalue weighted by molar-refractivity contribution is 0.666. The Bertz CT molecular complexity index is 3500. The number of furan rings is 1.